The molecule has 10 aromatic carbocycles. The molecule has 0 fully saturated rings. The predicted molar refractivity (Wildman–Crippen MR) is 285 cm³/mol. The molecule has 0 saturated carbocycles. The van der Waals surface area contributed by atoms with Gasteiger partial charge in [0.1, 0.15) is 0 Å². The highest BCUT2D eigenvalue weighted by Gasteiger charge is 2.25. The van der Waals surface area contributed by atoms with Crippen LogP contribution in [0.3, 0.4) is 0 Å². The van der Waals surface area contributed by atoms with E-state index in [-0.39, 0.29) is 0 Å². The topological polar surface area (TPSA) is 53.5 Å². The maximum absolute atomic E-state index is 5.36. The number of aromatic nitrogens is 6. The van der Waals surface area contributed by atoms with Crippen molar-refractivity contribution in [2.75, 3.05) is 0 Å². The van der Waals surface area contributed by atoms with Gasteiger partial charge in [0.15, 0.2) is 17.5 Å². The van der Waals surface area contributed by atoms with Crippen LogP contribution < -0.4 is 0 Å². The quantitative estimate of drug-likeness (QED) is 0.160. The molecule has 6 nitrogen and oxygen atoms in total. The summed E-state index contributed by atoms with van der Waals surface area (Å²) >= 11 is 0. The fourth-order valence-corrected chi connectivity index (χ4v) is 10.7. The second-order valence-electron chi connectivity index (χ2n) is 17.6. The maximum atomic E-state index is 5.36. The van der Waals surface area contributed by atoms with Gasteiger partial charge in [-0.3, -0.25) is 0 Å². The van der Waals surface area contributed by atoms with Crippen molar-refractivity contribution in [3.63, 3.8) is 0 Å². The molecule has 4 heterocycles. The summed E-state index contributed by atoms with van der Waals surface area (Å²) in [4.78, 5) is 15.8. The lowest BCUT2D eigenvalue weighted by molar-refractivity contribution is 1.05. The van der Waals surface area contributed by atoms with E-state index in [1.807, 2.05) is 36.4 Å². The summed E-state index contributed by atoms with van der Waals surface area (Å²) in [6, 6.07) is 86.4. The van der Waals surface area contributed by atoms with Crippen molar-refractivity contribution in [2.45, 2.75) is 0 Å². The molecule has 0 N–H and O–H groups in total. The zero-order chi connectivity index (χ0) is 45.4. The van der Waals surface area contributed by atoms with Crippen LogP contribution >= 0.6 is 0 Å². The Labute approximate surface area is 397 Å². The average molecular weight is 881 g/mol. The van der Waals surface area contributed by atoms with Crippen LogP contribution in [0.5, 0.6) is 0 Å². The third kappa shape index (κ3) is 6.09. The lowest BCUT2D eigenvalue weighted by Gasteiger charge is -2.20. The van der Waals surface area contributed by atoms with Crippen LogP contribution in [0.4, 0.5) is 0 Å². The molecule has 0 amide bonds. The van der Waals surface area contributed by atoms with Crippen LogP contribution in [0.2, 0.25) is 0 Å². The summed E-state index contributed by atoms with van der Waals surface area (Å²) in [6.45, 7) is 0. The van der Waals surface area contributed by atoms with E-state index < -0.39 is 0 Å². The van der Waals surface area contributed by atoms with Crippen molar-refractivity contribution in [1.29, 1.82) is 0 Å². The first-order chi connectivity index (χ1) is 34.3. The van der Waals surface area contributed by atoms with Crippen molar-refractivity contribution in [3.05, 3.63) is 243 Å². The molecular formula is C63H40N6. The molecule has 0 atom stereocenters. The molecule has 0 bridgehead atoms. The second-order valence-corrected chi connectivity index (χ2v) is 17.6. The average Bonchev–Trinajstić information content (AvgIpc) is 4.07. The first kappa shape index (κ1) is 38.8. The minimum atomic E-state index is 0.587. The third-order valence-electron chi connectivity index (χ3n) is 13.7. The van der Waals surface area contributed by atoms with E-state index in [0.717, 1.165) is 61.4 Å². The number of fused-ring (bicyclic) bond motifs is 9. The number of benzene rings is 10. The Morgan fingerprint density at radius 1 is 0.261 bits per heavy atom. The third-order valence-corrected chi connectivity index (χ3v) is 13.7. The monoisotopic (exact) mass is 880 g/mol. The van der Waals surface area contributed by atoms with Crippen LogP contribution in [-0.4, -0.2) is 28.7 Å². The lowest BCUT2D eigenvalue weighted by Crippen LogP contribution is -2.08. The Hall–Kier alpha value is -9.39. The van der Waals surface area contributed by atoms with E-state index in [2.05, 4.69) is 220 Å². The molecule has 14 aromatic rings. The number of hydrogen-bond acceptors (Lipinski definition) is 3. The zero-order valence-corrected chi connectivity index (χ0v) is 37.3. The number of hydrogen-bond donors (Lipinski definition) is 0. The van der Waals surface area contributed by atoms with Crippen LogP contribution in [0.1, 0.15) is 0 Å². The Kier molecular flexibility index (Phi) is 8.79. The van der Waals surface area contributed by atoms with Gasteiger partial charge in [0, 0.05) is 54.7 Å². The molecule has 69 heavy (non-hydrogen) atoms. The Morgan fingerprint density at radius 2 is 0.710 bits per heavy atom. The summed E-state index contributed by atoms with van der Waals surface area (Å²) in [5.74, 6) is 1.81. The maximum Gasteiger partial charge on any atom is 0.166 e. The molecule has 4 aromatic heterocycles. The van der Waals surface area contributed by atoms with E-state index in [1.165, 1.54) is 48.9 Å². The number of nitrogens with zero attached hydrogens (tertiary/aromatic N) is 6. The summed E-state index contributed by atoms with van der Waals surface area (Å²) in [5.41, 5.74) is 14.9. The summed E-state index contributed by atoms with van der Waals surface area (Å²) in [6.07, 6.45) is 0. The first-order valence-corrected chi connectivity index (χ1v) is 23.4. The number of para-hydroxylation sites is 6. The van der Waals surface area contributed by atoms with Gasteiger partial charge in [0.25, 0.3) is 0 Å². The van der Waals surface area contributed by atoms with Gasteiger partial charge in [-0.15, -0.1) is 0 Å². The highest BCUT2D eigenvalue weighted by atomic mass is 15.1. The standard InChI is InChI=1S/C63H40N6/c1-4-20-41(21-5-1)61-64-62(42-22-6-2-7-23-42)66-63(65-61)51-31-19-37-57(60(51)69-53-33-15-11-26-46(53)47-27-12-16-34-54(47)69)68-52-32-14-10-28-48(52)49-39-38-43(40-58(49)68)45-30-18-36-56-59(45)50-29-13-17-35-55(50)67(56)44-24-8-3-9-25-44/h1-40H. The molecule has 0 saturated heterocycles. The SMILES string of the molecule is c1ccc(-c2nc(-c3ccccc3)nc(-c3cccc(-n4c5ccccc5c5ccc(-c6cccc7c6c6ccccc6n7-c6ccccc6)cc54)c3-n3c4ccccc4c4ccccc43)n2)cc1. The second kappa shape index (κ2) is 15.6. The fraction of sp³-hybridized carbons (Fsp3) is 0. The largest absolute Gasteiger partial charge is 0.309 e. The Morgan fingerprint density at radius 3 is 1.32 bits per heavy atom. The summed E-state index contributed by atoms with van der Waals surface area (Å²) in [5, 5.41) is 7.14. The van der Waals surface area contributed by atoms with Crippen molar-refractivity contribution >= 4 is 65.4 Å². The minimum Gasteiger partial charge on any atom is -0.309 e. The molecule has 0 spiro atoms. The molecule has 14 rings (SSSR count). The minimum absolute atomic E-state index is 0.587. The molecule has 6 heteroatoms. The van der Waals surface area contributed by atoms with Gasteiger partial charge < -0.3 is 13.7 Å². The normalized spacial score (nSPS) is 11.8. The molecular weight excluding hydrogens is 841 g/mol. The number of rotatable bonds is 7. The smallest absolute Gasteiger partial charge is 0.166 e. The van der Waals surface area contributed by atoms with E-state index in [9.17, 15) is 0 Å². The molecule has 0 aliphatic heterocycles. The van der Waals surface area contributed by atoms with Crippen LogP contribution in [-0.2, 0) is 0 Å². The van der Waals surface area contributed by atoms with Crippen molar-refractivity contribution in [1.82, 2.24) is 28.7 Å². The van der Waals surface area contributed by atoms with Crippen molar-refractivity contribution < 1.29 is 0 Å². The van der Waals surface area contributed by atoms with Gasteiger partial charge in [-0.1, -0.05) is 182 Å². The lowest BCUT2D eigenvalue weighted by atomic mass is 9.98. The van der Waals surface area contributed by atoms with Crippen molar-refractivity contribution in [2.24, 2.45) is 0 Å². The van der Waals surface area contributed by atoms with Crippen molar-refractivity contribution in [3.8, 4) is 62.4 Å². The highest BCUT2D eigenvalue weighted by molar-refractivity contribution is 6.17. The Bertz CT molecular complexity index is 4190. The van der Waals surface area contributed by atoms with E-state index in [4.69, 9.17) is 15.0 Å². The van der Waals surface area contributed by atoms with Gasteiger partial charge in [-0.25, -0.2) is 15.0 Å². The molecule has 0 radical (unpaired) electrons. The van der Waals surface area contributed by atoms with E-state index in [1.54, 1.807) is 0 Å². The van der Waals surface area contributed by atoms with Crippen LogP contribution in [0.25, 0.3) is 128 Å². The summed E-state index contributed by atoms with van der Waals surface area (Å²) in [7, 11) is 0. The van der Waals surface area contributed by atoms with Gasteiger partial charge in [0.2, 0.25) is 0 Å². The van der Waals surface area contributed by atoms with Gasteiger partial charge >= 0.3 is 0 Å². The van der Waals surface area contributed by atoms with Gasteiger partial charge in [-0.2, -0.15) is 0 Å². The highest BCUT2D eigenvalue weighted by Crippen LogP contribution is 2.44. The molecule has 322 valence electrons. The van der Waals surface area contributed by atoms with E-state index >= 15 is 0 Å². The first-order valence-electron chi connectivity index (χ1n) is 23.4. The molecule has 0 aliphatic rings. The predicted octanol–water partition coefficient (Wildman–Crippen LogP) is 15.8. The van der Waals surface area contributed by atoms with Gasteiger partial charge in [-0.05, 0) is 71.8 Å². The molecule has 0 unspecified atom stereocenters. The molecule has 0 aliphatic carbocycles. The van der Waals surface area contributed by atoms with Crippen LogP contribution in [0, 0.1) is 0 Å². The fourth-order valence-electron chi connectivity index (χ4n) is 10.7. The van der Waals surface area contributed by atoms with Gasteiger partial charge in [0.05, 0.1) is 44.5 Å². The Balaban J connectivity index is 1.09. The zero-order valence-electron chi connectivity index (χ0n) is 37.3. The van der Waals surface area contributed by atoms with E-state index in [0.29, 0.717) is 17.5 Å². The van der Waals surface area contributed by atoms with Crippen LogP contribution in [0.15, 0.2) is 243 Å². The summed E-state index contributed by atoms with van der Waals surface area (Å²) < 4.78 is 7.27.